The SMILES string of the molecule is CC(C)[C@H](NC(=O)O)C(=O)N1CCCC1c1nc2cc(-c3cc4sc(-c5ccc6[nH]c(C7CCCN7C(=O)[C@@H](NC(=O)C=O)C(C)C)nc6c5)cc4s3)ccc2[nH]1. The molecule has 2 fully saturated rings. The van der Waals surface area contributed by atoms with Gasteiger partial charge in [-0.1, -0.05) is 39.8 Å². The van der Waals surface area contributed by atoms with E-state index in [1.165, 1.54) is 9.40 Å². The lowest BCUT2D eigenvalue weighted by molar-refractivity contribution is -0.140. The van der Waals surface area contributed by atoms with Crippen molar-refractivity contribution in [3.05, 3.63) is 60.2 Å². The van der Waals surface area contributed by atoms with Gasteiger partial charge < -0.3 is 35.5 Å². The number of carbonyl (C=O) groups excluding carboxylic acids is 4. The maximum Gasteiger partial charge on any atom is 0.405 e. The van der Waals surface area contributed by atoms with Crippen LogP contribution in [0.1, 0.15) is 77.1 Å². The van der Waals surface area contributed by atoms with Gasteiger partial charge in [0.1, 0.15) is 23.7 Å². The molecule has 0 aliphatic carbocycles. The Morgan fingerprint density at radius 1 is 0.737 bits per heavy atom. The Bertz CT molecular complexity index is 2500. The highest BCUT2D eigenvalue weighted by atomic mass is 32.1. The number of hydrogen-bond donors (Lipinski definition) is 5. The van der Waals surface area contributed by atoms with Crippen molar-refractivity contribution in [2.45, 2.75) is 77.5 Å². The summed E-state index contributed by atoms with van der Waals surface area (Å²) in [4.78, 5) is 83.8. The second-order valence-electron chi connectivity index (χ2n) is 15.6. The van der Waals surface area contributed by atoms with Gasteiger partial charge in [0.2, 0.25) is 18.1 Å². The molecule has 6 heterocycles. The summed E-state index contributed by atoms with van der Waals surface area (Å²) in [5.74, 6) is -0.209. The van der Waals surface area contributed by atoms with Crippen molar-refractivity contribution in [3.8, 4) is 20.9 Å². The molecule has 5 N–H and O–H groups in total. The molecule has 0 radical (unpaired) electrons. The number of aldehydes is 1. The van der Waals surface area contributed by atoms with Crippen LogP contribution in [0.5, 0.6) is 0 Å². The number of benzene rings is 2. The Kier molecular flexibility index (Phi) is 10.3. The monoisotopic (exact) mass is 808 g/mol. The molecular weight excluding hydrogens is 765 g/mol. The van der Waals surface area contributed by atoms with Crippen molar-refractivity contribution in [1.82, 2.24) is 40.4 Å². The first-order chi connectivity index (χ1) is 27.4. The van der Waals surface area contributed by atoms with E-state index in [-0.39, 0.29) is 42.0 Å². The third-order valence-electron chi connectivity index (χ3n) is 11.0. The fourth-order valence-electron chi connectivity index (χ4n) is 8.13. The third-order valence-corrected chi connectivity index (χ3v) is 13.4. The second-order valence-corrected chi connectivity index (χ2v) is 17.7. The summed E-state index contributed by atoms with van der Waals surface area (Å²) in [7, 11) is 0. The van der Waals surface area contributed by atoms with E-state index in [1.54, 1.807) is 32.5 Å². The molecule has 0 spiro atoms. The molecular formula is C41H44N8O6S2. The van der Waals surface area contributed by atoms with Crippen LogP contribution in [-0.2, 0) is 19.2 Å². The van der Waals surface area contributed by atoms with Crippen LogP contribution >= 0.6 is 22.7 Å². The summed E-state index contributed by atoms with van der Waals surface area (Å²) in [5.41, 5.74) is 5.48. The van der Waals surface area contributed by atoms with Gasteiger partial charge in [0.15, 0.2) is 0 Å². The average molecular weight is 809 g/mol. The van der Waals surface area contributed by atoms with Gasteiger partial charge in [0.05, 0.1) is 34.2 Å². The number of rotatable bonds is 11. The van der Waals surface area contributed by atoms with E-state index < -0.39 is 24.1 Å². The zero-order valence-corrected chi connectivity index (χ0v) is 33.6. The number of likely N-dealkylation sites (tertiary alicyclic amines) is 2. The number of nitrogens with zero attached hydrogens (tertiary/aromatic N) is 4. The van der Waals surface area contributed by atoms with E-state index in [9.17, 15) is 29.1 Å². The fraction of sp³-hybridized carbons (Fsp3) is 0.390. The van der Waals surface area contributed by atoms with Gasteiger partial charge in [-0.2, -0.15) is 0 Å². The number of imidazole rings is 2. The maximum absolute atomic E-state index is 13.6. The largest absolute Gasteiger partial charge is 0.465 e. The number of hydrogen-bond acceptors (Lipinski definition) is 9. The van der Waals surface area contributed by atoms with Crippen molar-refractivity contribution in [1.29, 1.82) is 0 Å². The molecule has 2 unspecified atom stereocenters. The van der Waals surface area contributed by atoms with Crippen molar-refractivity contribution in [2.24, 2.45) is 11.8 Å². The molecule has 4 aromatic heterocycles. The number of thiophene rings is 2. The second kappa shape index (κ2) is 15.4. The molecule has 296 valence electrons. The first-order valence-electron chi connectivity index (χ1n) is 19.3. The van der Waals surface area contributed by atoms with Crippen LogP contribution in [0.25, 0.3) is 52.3 Å². The van der Waals surface area contributed by atoms with Crippen LogP contribution in [0.2, 0.25) is 0 Å². The number of aromatic amines is 2. The van der Waals surface area contributed by atoms with Crippen molar-refractivity contribution >= 4 is 84.2 Å². The Morgan fingerprint density at radius 2 is 1.19 bits per heavy atom. The van der Waals surface area contributed by atoms with Crippen molar-refractivity contribution < 1.29 is 29.1 Å². The molecule has 4 amide bonds. The summed E-state index contributed by atoms with van der Waals surface area (Å²) in [5, 5.41) is 14.3. The number of aromatic nitrogens is 4. The van der Waals surface area contributed by atoms with Gasteiger partial charge in [-0.3, -0.25) is 19.2 Å². The fourth-order valence-corrected chi connectivity index (χ4v) is 10.5. The smallest absolute Gasteiger partial charge is 0.405 e. The Morgan fingerprint density at radius 3 is 1.61 bits per heavy atom. The van der Waals surface area contributed by atoms with E-state index >= 15 is 0 Å². The Labute approximate surface area is 336 Å². The summed E-state index contributed by atoms with van der Waals surface area (Å²) < 4.78 is 2.35. The molecule has 0 bridgehead atoms. The molecule has 2 aliphatic rings. The molecule has 2 aromatic carbocycles. The zero-order chi connectivity index (χ0) is 40.1. The quantitative estimate of drug-likeness (QED) is 0.0682. The summed E-state index contributed by atoms with van der Waals surface area (Å²) >= 11 is 3.44. The maximum atomic E-state index is 13.6. The van der Waals surface area contributed by atoms with E-state index in [2.05, 4.69) is 57.0 Å². The van der Waals surface area contributed by atoms with Crippen molar-refractivity contribution in [3.63, 3.8) is 0 Å². The Balaban J connectivity index is 0.993. The molecule has 16 heteroatoms. The van der Waals surface area contributed by atoms with Gasteiger partial charge in [0, 0.05) is 32.2 Å². The standard InChI is InChI=1S/C41H44N8O6S2/c1-20(2)35(46-34(51)19-50)39(52)48-13-5-7-28(48)37-42-24-11-9-22(15-26(24)44-37)30-17-32-33(56-30)18-31(57-32)23-10-12-25-27(16-23)45-38(43-25)29-8-6-14-49(29)40(53)36(21(3)4)47-41(54)55/h9-12,15-21,28-29,35-36,47H,5-8,13-14H2,1-4H3,(H,42,44)(H,43,45)(H,46,51)(H,54,55)/t28?,29?,35-,36-/m0/s1. The lowest BCUT2D eigenvalue weighted by Gasteiger charge is -2.29. The molecule has 2 aliphatic heterocycles. The minimum absolute atomic E-state index is 0.186. The van der Waals surface area contributed by atoms with E-state index in [1.807, 2.05) is 39.8 Å². The molecule has 2 saturated heterocycles. The van der Waals surface area contributed by atoms with Crippen LogP contribution in [-0.4, -0.2) is 90.1 Å². The number of fused-ring (bicyclic) bond motifs is 3. The normalized spacial score (nSPS) is 18.3. The predicted molar refractivity (Wildman–Crippen MR) is 220 cm³/mol. The molecule has 0 saturated carbocycles. The highest BCUT2D eigenvalue weighted by Crippen LogP contribution is 2.43. The number of amides is 4. The summed E-state index contributed by atoms with van der Waals surface area (Å²) in [6.07, 6.45) is 2.10. The molecule has 57 heavy (non-hydrogen) atoms. The van der Waals surface area contributed by atoms with Gasteiger partial charge in [-0.05, 0) is 85.0 Å². The lowest BCUT2D eigenvalue weighted by Crippen LogP contribution is -2.51. The van der Waals surface area contributed by atoms with Gasteiger partial charge >= 0.3 is 6.09 Å². The molecule has 14 nitrogen and oxygen atoms in total. The van der Waals surface area contributed by atoms with E-state index in [0.29, 0.717) is 24.7 Å². The number of nitrogens with one attached hydrogen (secondary N) is 4. The number of carbonyl (C=O) groups is 5. The topological polar surface area (TPSA) is 193 Å². The average Bonchev–Trinajstić information content (AvgIpc) is 4.03. The molecule has 8 rings (SSSR count). The van der Waals surface area contributed by atoms with Crippen LogP contribution in [0.3, 0.4) is 0 Å². The van der Waals surface area contributed by atoms with Gasteiger partial charge in [-0.25, -0.2) is 14.8 Å². The first kappa shape index (κ1) is 38.3. The minimum Gasteiger partial charge on any atom is -0.465 e. The minimum atomic E-state index is -1.21. The molecule has 4 atom stereocenters. The third kappa shape index (κ3) is 7.39. The number of H-pyrrole nitrogens is 2. The van der Waals surface area contributed by atoms with E-state index in [0.717, 1.165) is 68.6 Å². The zero-order valence-electron chi connectivity index (χ0n) is 32.0. The van der Waals surface area contributed by atoms with Crippen LogP contribution in [0.15, 0.2) is 48.5 Å². The van der Waals surface area contributed by atoms with Crippen LogP contribution < -0.4 is 10.6 Å². The van der Waals surface area contributed by atoms with Crippen LogP contribution in [0, 0.1) is 11.8 Å². The van der Waals surface area contributed by atoms with Crippen LogP contribution in [0.4, 0.5) is 4.79 Å². The Hall–Kier alpha value is -5.61. The first-order valence-corrected chi connectivity index (χ1v) is 20.9. The highest BCUT2D eigenvalue weighted by Gasteiger charge is 2.39. The molecule has 6 aromatic rings. The summed E-state index contributed by atoms with van der Waals surface area (Å²) in [6.45, 7) is 8.46. The van der Waals surface area contributed by atoms with Gasteiger partial charge in [0.25, 0.3) is 5.91 Å². The number of carboxylic acid groups (broad SMARTS) is 1. The van der Waals surface area contributed by atoms with E-state index in [4.69, 9.17) is 9.97 Å². The highest BCUT2D eigenvalue weighted by molar-refractivity contribution is 7.31. The van der Waals surface area contributed by atoms with Crippen molar-refractivity contribution in [2.75, 3.05) is 13.1 Å². The summed E-state index contributed by atoms with van der Waals surface area (Å²) in [6, 6.07) is 14.6. The van der Waals surface area contributed by atoms with Gasteiger partial charge in [-0.15, -0.1) is 22.7 Å². The predicted octanol–water partition coefficient (Wildman–Crippen LogP) is 7.01. The lowest BCUT2D eigenvalue weighted by atomic mass is 10.0.